The Hall–Kier alpha value is -1.15. The molecule has 1 saturated carbocycles. The predicted octanol–water partition coefficient (Wildman–Crippen LogP) is 2.97. The van der Waals surface area contributed by atoms with Crippen molar-refractivity contribution >= 4 is 5.78 Å². The van der Waals surface area contributed by atoms with Gasteiger partial charge in [0.25, 0.3) is 0 Å². The Bertz CT molecular complexity index is 426. The summed E-state index contributed by atoms with van der Waals surface area (Å²) in [7, 11) is 0. The summed E-state index contributed by atoms with van der Waals surface area (Å²) in [6.07, 6.45) is 7.09. The van der Waals surface area contributed by atoms with Crippen molar-refractivity contribution < 1.29 is 4.79 Å². The molecule has 1 heterocycles. The van der Waals surface area contributed by atoms with Gasteiger partial charge in [-0.15, -0.1) is 0 Å². The van der Waals surface area contributed by atoms with Crippen LogP contribution in [0.25, 0.3) is 0 Å². The number of hydrogen-bond donors (Lipinski definition) is 1. The summed E-state index contributed by atoms with van der Waals surface area (Å²) in [4.78, 5) is 12.6. The van der Waals surface area contributed by atoms with E-state index in [0.29, 0.717) is 18.1 Å². The summed E-state index contributed by atoms with van der Waals surface area (Å²) in [5.74, 6) is 1.78. The van der Waals surface area contributed by atoms with Crippen LogP contribution in [-0.4, -0.2) is 18.4 Å². The standard InChI is InChI=1S/C17H23NO/c19-16(12-13-6-2-1-3-7-13)17-15-9-5-4-8-14(15)10-11-18-17/h1-3,6-7,14-15,17-18H,4-5,8-12H2. The minimum atomic E-state index is 0.110. The zero-order valence-electron chi connectivity index (χ0n) is 11.5. The van der Waals surface area contributed by atoms with E-state index in [1.165, 1.54) is 32.1 Å². The van der Waals surface area contributed by atoms with Gasteiger partial charge in [-0.1, -0.05) is 49.6 Å². The van der Waals surface area contributed by atoms with E-state index in [2.05, 4.69) is 17.4 Å². The van der Waals surface area contributed by atoms with Gasteiger partial charge < -0.3 is 5.32 Å². The van der Waals surface area contributed by atoms with Crippen LogP contribution >= 0.6 is 0 Å². The third kappa shape index (κ3) is 2.89. The molecule has 1 N–H and O–H groups in total. The number of ketones is 1. The highest BCUT2D eigenvalue weighted by Gasteiger charge is 2.37. The van der Waals surface area contributed by atoms with Gasteiger partial charge in [0.2, 0.25) is 0 Å². The average Bonchev–Trinajstić information content (AvgIpc) is 2.47. The maximum Gasteiger partial charge on any atom is 0.154 e. The highest BCUT2D eigenvalue weighted by molar-refractivity contribution is 5.86. The van der Waals surface area contributed by atoms with E-state index < -0.39 is 0 Å². The Kier molecular flexibility index (Phi) is 3.97. The molecular weight excluding hydrogens is 234 g/mol. The third-order valence-corrected chi connectivity index (χ3v) is 4.84. The molecule has 3 unspecified atom stereocenters. The van der Waals surface area contributed by atoms with Crippen LogP contribution in [0.15, 0.2) is 30.3 Å². The lowest BCUT2D eigenvalue weighted by Crippen LogP contribution is -2.52. The predicted molar refractivity (Wildman–Crippen MR) is 77.0 cm³/mol. The SMILES string of the molecule is O=C(Cc1ccccc1)C1NCCC2CCCCC21. The topological polar surface area (TPSA) is 29.1 Å². The van der Waals surface area contributed by atoms with Gasteiger partial charge in [0, 0.05) is 6.42 Å². The molecule has 2 nitrogen and oxygen atoms in total. The van der Waals surface area contributed by atoms with E-state index in [9.17, 15) is 4.79 Å². The van der Waals surface area contributed by atoms with E-state index >= 15 is 0 Å². The Labute approximate surface area is 115 Å². The second kappa shape index (κ2) is 5.87. The summed E-state index contributed by atoms with van der Waals surface area (Å²) >= 11 is 0. The van der Waals surface area contributed by atoms with Crippen LogP contribution in [0, 0.1) is 11.8 Å². The van der Waals surface area contributed by atoms with Crippen molar-refractivity contribution in [2.24, 2.45) is 11.8 Å². The van der Waals surface area contributed by atoms with Crippen LogP contribution in [0.4, 0.5) is 0 Å². The summed E-state index contributed by atoms with van der Waals surface area (Å²) in [5, 5.41) is 3.49. The molecule has 0 aromatic heterocycles. The number of benzene rings is 1. The van der Waals surface area contributed by atoms with Crippen LogP contribution < -0.4 is 5.32 Å². The molecule has 102 valence electrons. The number of piperidine rings is 1. The fraction of sp³-hybridized carbons (Fsp3) is 0.588. The molecule has 0 amide bonds. The maximum absolute atomic E-state index is 12.6. The van der Waals surface area contributed by atoms with Crippen molar-refractivity contribution in [3.63, 3.8) is 0 Å². The first-order valence-corrected chi connectivity index (χ1v) is 7.64. The number of nitrogens with one attached hydrogen (secondary N) is 1. The average molecular weight is 257 g/mol. The summed E-state index contributed by atoms with van der Waals surface area (Å²) in [6, 6.07) is 10.3. The monoisotopic (exact) mass is 257 g/mol. The van der Waals surface area contributed by atoms with Crippen molar-refractivity contribution in [2.75, 3.05) is 6.54 Å². The highest BCUT2D eigenvalue weighted by atomic mass is 16.1. The molecule has 0 spiro atoms. The van der Waals surface area contributed by atoms with Gasteiger partial charge >= 0.3 is 0 Å². The third-order valence-electron chi connectivity index (χ3n) is 4.84. The molecule has 19 heavy (non-hydrogen) atoms. The van der Waals surface area contributed by atoms with Gasteiger partial charge in [0.1, 0.15) is 0 Å². The van der Waals surface area contributed by atoms with Crippen molar-refractivity contribution in [1.82, 2.24) is 5.32 Å². The summed E-state index contributed by atoms with van der Waals surface area (Å²) < 4.78 is 0. The lowest BCUT2D eigenvalue weighted by atomic mass is 9.70. The van der Waals surface area contributed by atoms with E-state index in [1.807, 2.05) is 18.2 Å². The molecule has 1 aromatic rings. The van der Waals surface area contributed by atoms with Gasteiger partial charge in [0.05, 0.1) is 6.04 Å². The molecule has 1 aliphatic carbocycles. The molecule has 2 aliphatic rings. The molecule has 0 radical (unpaired) electrons. The smallest absolute Gasteiger partial charge is 0.154 e. The number of rotatable bonds is 3. The van der Waals surface area contributed by atoms with Gasteiger partial charge in [-0.3, -0.25) is 4.79 Å². The van der Waals surface area contributed by atoms with Crippen molar-refractivity contribution in [1.29, 1.82) is 0 Å². The van der Waals surface area contributed by atoms with Crippen LogP contribution in [0.2, 0.25) is 0 Å². The quantitative estimate of drug-likeness (QED) is 0.902. The minimum absolute atomic E-state index is 0.110. The fourth-order valence-corrected chi connectivity index (χ4v) is 3.87. The summed E-state index contributed by atoms with van der Waals surface area (Å²) in [5.41, 5.74) is 1.15. The van der Waals surface area contributed by atoms with Crippen LogP contribution in [-0.2, 0) is 11.2 Å². The molecular formula is C17H23NO. The fourth-order valence-electron chi connectivity index (χ4n) is 3.87. The Morgan fingerprint density at radius 1 is 1.11 bits per heavy atom. The number of Topliss-reactive ketones (excluding diaryl/α,β-unsaturated/α-hetero) is 1. The molecule has 1 saturated heterocycles. The molecule has 0 bridgehead atoms. The van der Waals surface area contributed by atoms with E-state index in [4.69, 9.17) is 0 Å². The second-order valence-corrected chi connectivity index (χ2v) is 6.06. The van der Waals surface area contributed by atoms with E-state index in [1.54, 1.807) is 0 Å². The number of carbonyl (C=O) groups is 1. The number of carbonyl (C=O) groups excluding carboxylic acids is 1. The van der Waals surface area contributed by atoms with Crippen LogP contribution in [0.1, 0.15) is 37.7 Å². The molecule has 1 aliphatic heterocycles. The van der Waals surface area contributed by atoms with Gasteiger partial charge in [0.15, 0.2) is 5.78 Å². The Morgan fingerprint density at radius 2 is 1.89 bits per heavy atom. The number of hydrogen-bond acceptors (Lipinski definition) is 2. The first-order chi connectivity index (χ1) is 9.34. The van der Waals surface area contributed by atoms with Crippen LogP contribution in [0.5, 0.6) is 0 Å². The maximum atomic E-state index is 12.6. The summed E-state index contributed by atoms with van der Waals surface area (Å²) in [6.45, 7) is 1.02. The lowest BCUT2D eigenvalue weighted by Gasteiger charge is -2.41. The van der Waals surface area contributed by atoms with Gasteiger partial charge in [-0.05, 0) is 36.8 Å². The van der Waals surface area contributed by atoms with Crippen molar-refractivity contribution in [3.8, 4) is 0 Å². The normalized spacial score (nSPS) is 30.6. The zero-order chi connectivity index (χ0) is 13.1. The largest absolute Gasteiger partial charge is 0.307 e. The molecule has 1 aromatic carbocycles. The first-order valence-electron chi connectivity index (χ1n) is 7.64. The second-order valence-electron chi connectivity index (χ2n) is 6.06. The molecule has 2 fully saturated rings. The first kappa shape index (κ1) is 12.9. The number of fused-ring (bicyclic) bond motifs is 1. The van der Waals surface area contributed by atoms with Crippen molar-refractivity contribution in [2.45, 2.75) is 44.6 Å². The van der Waals surface area contributed by atoms with Gasteiger partial charge in [-0.2, -0.15) is 0 Å². The van der Waals surface area contributed by atoms with E-state index in [-0.39, 0.29) is 6.04 Å². The lowest BCUT2D eigenvalue weighted by molar-refractivity contribution is -0.123. The molecule has 2 heteroatoms. The highest BCUT2D eigenvalue weighted by Crippen LogP contribution is 2.37. The Balaban J connectivity index is 1.68. The van der Waals surface area contributed by atoms with E-state index in [0.717, 1.165) is 18.0 Å². The minimum Gasteiger partial charge on any atom is -0.307 e. The molecule has 3 atom stereocenters. The van der Waals surface area contributed by atoms with Crippen molar-refractivity contribution in [3.05, 3.63) is 35.9 Å². The van der Waals surface area contributed by atoms with Crippen LogP contribution in [0.3, 0.4) is 0 Å². The molecule has 3 rings (SSSR count). The zero-order valence-corrected chi connectivity index (χ0v) is 11.5. The van der Waals surface area contributed by atoms with Gasteiger partial charge in [-0.25, -0.2) is 0 Å². The Morgan fingerprint density at radius 3 is 2.74 bits per heavy atom.